The van der Waals surface area contributed by atoms with Crippen molar-refractivity contribution in [1.82, 2.24) is 4.98 Å². The van der Waals surface area contributed by atoms with Crippen molar-refractivity contribution in [2.24, 2.45) is 0 Å². The molecule has 2 rings (SSSR count). The molecule has 0 atom stereocenters. The molecule has 0 aliphatic rings. The van der Waals surface area contributed by atoms with Crippen LogP contribution in [0.1, 0.15) is 0 Å². The van der Waals surface area contributed by atoms with Crippen LogP contribution in [0.5, 0.6) is 0 Å². The smallest absolute Gasteiger partial charge is 0.271 e. The van der Waals surface area contributed by atoms with Gasteiger partial charge in [0.05, 0.1) is 14.5 Å². The van der Waals surface area contributed by atoms with Crippen LogP contribution in [0, 0.1) is 0 Å². The molecule has 96 valence electrons. The Labute approximate surface area is 126 Å². The van der Waals surface area contributed by atoms with Crippen molar-refractivity contribution in [3.05, 3.63) is 38.4 Å². The van der Waals surface area contributed by atoms with Crippen LogP contribution in [-0.4, -0.2) is 13.4 Å². The van der Waals surface area contributed by atoms with E-state index in [0.29, 0.717) is 14.5 Å². The van der Waals surface area contributed by atoms with Gasteiger partial charge < -0.3 is 0 Å². The molecule has 0 spiro atoms. The zero-order chi connectivity index (χ0) is 13.3. The Morgan fingerprint density at radius 3 is 2.61 bits per heavy atom. The number of aromatic nitrogens is 1. The van der Waals surface area contributed by atoms with E-state index in [-0.39, 0.29) is 9.36 Å². The SMILES string of the molecule is O=S(=O)(Nc1ccnc(Cl)c1)c1cc(Cl)c(Br)s1. The third-order valence-electron chi connectivity index (χ3n) is 1.87. The average molecular weight is 388 g/mol. The molecule has 9 heteroatoms. The molecule has 0 aliphatic heterocycles. The van der Waals surface area contributed by atoms with Crippen LogP contribution in [0.3, 0.4) is 0 Å². The highest BCUT2D eigenvalue weighted by Gasteiger charge is 2.19. The Morgan fingerprint density at radius 1 is 1.33 bits per heavy atom. The van der Waals surface area contributed by atoms with E-state index in [1.54, 1.807) is 0 Å². The Kier molecular flexibility index (Phi) is 4.18. The van der Waals surface area contributed by atoms with Crippen molar-refractivity contribution in [2.45, 2.75) is 4.21 Å². The molecule has 0 unspecified atom stereocenters. The van der Waals surface area contributed by atoms with Crippen LogP contribution >= 0.6 is 50.5 Å². The van der Waals surface area contributed by atoms with Gasteiger partial charge in [-0.05, 0) is 34.1 Å². The fraction of sp³-hybridized carbons (Fsp3) is 0. The summed E-state index contributed by atoms with van der Waals surface area (Å²) >= 11 is 15.7. The average Bonchev–Trinajstić information content (AvgIpc) is 2.59. The first-order chi connectivity index (χ1) is 8.38. The molecular weight excluding hydrogens is 383 g/mol. The second-order valence-electron chi connectivity index (χ2n) is 3.16. The standard InChI is InChI=1S/C9H5BrCl2N2O2S2/c10-9-6(11)4-8(17-9)18(15,16)14-5-1-2-13-7(12)3-5/h1-4H,(H,13,14). The number of rotatable bonds is 3. The maximum absolute atomic E-state index is 12.0. The number of anilines is 1. The van der Waals surface area contributed by atoms with E-state index in [9.17, 15) is 8.42 Å². The van der Waals surface area contributed by atoms with Gasteiger partial charge in [0.25, 0.3) is 10.0 Å². The quantitative estimate of drug-likeness (QED) is 0.809. The summed E-state index contributed by atoms with van der Waals surface area (Å²) in [5, 5.41) is 0.564. The highest BCUT2D eigenvalue weighted by molar-refractivity contribution is 9.11. The van der Waals surface area contributed by atoms with E-state index in [1.165, 1.54) is 24.4 Å². The topological polar surface area (TPSA) is 59.1 Å². The van der Waals surface area contributed by atoms with E-state index in [4.69, 9.17) is 23.2 Å². The lowest BCUT2D eigenvalue weighted by molar-refractivity contribution is 0.603. The summed E-state index contributed by atoms with van der Waals surface area (Å²) in [6.07, 6.45) is 1.41. The third-order valence-corrected chi connectivity index (χ3v) is 6.40. The summed E-state index contributed by atoms with van der Waals surface area (Å²) in [5.41, 5.74) is 0.343. The fourth-order valence-corrected chi connectivity index (χ4v) is 4.75. The van der Waals surface area contributed by atoms with Crippen molar-refractivity contribution in [3.63, 3.8) is 0 Å². The predicted molar refractivity (Wildman–Crippen MR) is 77.1 cm³/mol. The van der Waals surface area contributed by atoms with Gasteiger partial charge in [0.15, 0.2) is 0 Å². The summed E-state index contributed by atoms with van der Waals surface area (Å²) < 4.78 is 27.1. The molecule has 0 saturated carbocycles. The number of nitrogens with zero attached hydrogens (tertiary/aromatic N) is 1. The minimum Gasteiger partial charge on any atom is -0.279 e. The van der Waals surface area contributed by atoms with Crippen molar-refractivity contribution >= 4 is 66.2 Å². The van der Waals surface area contributed by atoms with E-state index in [1.807, 2.05) is 0 Å². The molecule has 18 heavy (non-hydrogen) atoms. The number of thiophene rings is 1. The number of nitrogens with one attached hydrogen (secondary N) is 1. The van der Waals surface area contributed by atoms with Crippen molar-refractivity contribution in [1.29, 1.82) is 0 Å². The molecular formula is C9H5BrCl2N2O2S2. The van der Waals surface area contributed by atoms with E-state index < -0.39 is 10.0 Å². The van der Waals surface area contributed by atoms with Gasteiger partial charge in [-0.2, -0.15) is 0 Å². The lowest BCUT2D eigenvalue weighted by Gasteiger charge is -2.05. The normalized spacial score (nSPS) is 11.5. The molecule has 0 radical (unpaired) electrons. The van der Waals surface area contributed by atoms with Gasteiger partial charge >= 0.3 is 0 Å². The highest BCUT2D eigenvalue weighted by Crippen LogP contribution is 2.35. The molecule has 2 heterocycles. The first kappa shape index (κ1) is 14.1. The Bertz CT molecular complexity index is 668. The molecule has 0 amide bonds. The predicted octanol–water partition coefficient (Wildman–Crippen LogP) is 4.01. The Balaban J connectivity index is 2.33. The summed E-state index contributed by atoms with van der Waals surface area (Å²) in [4.78, 5) is 3.77. The Hall–Kier alpha value is -0.340. The van der Waals surface area contributed by atoms with E-state index >= 15 is 0 Å². The zero-order valence-electron chi connectivity index (χ0n) is 8.52. The second-order valence-corrected chi connectivity index (χ2v) is 8.23. The summed E-state index contributed by atoms with van der Waals surface area (Å²) in [5.74, 6) is 0. The van der Waals surface area contributed by atoms with Crippen LogP contribution < -0.4 is 4.72 Å². The van der Waals surface area contributed by atoms with Crippen LogP contribution in [0.25, 0.3) is 0 Å². The molecule has 0 aliphatic carbocycles. The van der Waals surface area contributed by atoms with Crippen LogP contribution in [0.4, 0.5) is 5.69 Å². The van der Waals surface area contributed by atoms with Gasteiger partial charge in [-0.25, -0.2) is 13.4 Å². The van der Waals surface area contributed by atoms with Crippen LogP contribution in [-0.2, 0) is 10.0 Å². The third kappa shape index (κ3) is 3.16. The Morgan fingerprint density at radius 2 is 2.06 bits per heavy atom. The van der Waals surface area contributed by atoms with Crippen molar-refractivity contribution < 1.29 is 8.42 Å². The number of sulfonamides is 1. The van der Waals surface area contributed by atoms with Gasteiger partial charge in [0.1, 0.15) is 9.36 Å². The minimum absolute atomic E-state index is 0.118. The first-order valence-corrected chi connectivity index (χ1v) is 8.32. The van der Waals surface area contributed by atoms with Crippen molar-refractivity contribution in [2.75, 3.05) is 4.72 Å². The lowest BCUT2D eigenvalue weighted by atomic mass is 10.4. The molecule has 0 fully saturated rings. The minimum atomic E-state index is -3.66. The van der Waals surface area contributed by atoms with Crippen LogP contribution in [0.2, 0.25) is 10.2 Å². The lowest BCUT2D eigenvalue weighted by Crippen LogP contribution is -2.11. The fourth-order valence-electron chi connectivity index (χ4n) is 1.13. The van der Waals surface area contributed by atoms with Gasteiger partial charge in [-0.15, -0.1) is 11.3 Å². The zero-order valence-corrected chi connectivity index (χ0v) is 13.3. The first-order valence-electron chi connectivity index (χ1n) is 4.48. The number of halogens is 3. The summed E-state index contributed by atoms with van der Waals surface area (Å²) in [6.45, 7) is 0. The molecule has 0 bridgehead atoms. The molecule has 2 aromatic heterocycles. The number of hydrogen-bond acceptors (Lipinski definition) is 4. The number of hydrogen-bond donors (Lipinski definition) is 1. The summed E-state index contributed by atoms with van der Waals surface area (Å²) in [7, 11) is -3.66. The van der Waals surface area contributed by atoms with E-state index in [2.05, 4.69) is 25.6 Å². The molecule has 1 N–H and O–H groups in total. The second kappa shape index (κ2) is 5.34. The molecule has 0 aromatic carbocycles. The molecule has 0 saturated heterocycles. The number of pyridine rings is 1. The largest absolute Gasteiger partial charge is 0.279 e. The van der Waals surface area contributed by atoms with Gasteiger partial charge in [-0.3, -0.25) is 4.72 Å². The summed E-state index contributed by atoms with van der Waals surface area (Å²) in [6, 6.07) is 4.30. The van der Waals surface area contributed by atoms with Crippen LogP contribution in [0.15, 0.2) is 32.4 Å². The van der Waals surface area contributed by atoms with Crippen molar-refractivity contribution in [3.8, 4) is 0 Å². The molecule has 2 aromatic rings. The van der Waals surface area contributed by atoms with Gasteiger partial charge in [-0.1, -0.05) is 23.2 Å². The monoisotopic (exact) mass is 386 g/mol. The molecule has 4 nitrogen and oxygen atoms in total. The van der Waals surface area contributed by atoms with Gasteiger partial charge in [0, 0.05) is 6.20 Å². The van der Waals surface area contributed by atoms with E-state index in [0.717, 1.165) is 11.3 Å². The van der Waals surface area contributed by atoms with Gasteiger partial charge in [0.2, 0.25) is 0 Å². The maximum Gasteiger partial charge on any atom is 0.271 e. The highest BCUT2D eigenvalue weighted by atomic mass is 79.9. The maximum atomic E-state index is 12.0.